The Kier molecular flexibility index (Phi) is 5.54. The molecule has 1 aliphatic rings. The molecule has 0 spiro atoms. The van der Waals surface area contributed by atoms with E-state index in [1.165, 1.54) is 4.90 Å². The molecule has 2 N–H and O–H groups in total. The molecule has 0 heterocycles. The number of nitrogens with zero attached hydrogens (tertiary/aromatic N) is 1. The summed E-state index contributed by atoms with van der Waals surface area (Å²) < 4.78 is 0. The fourth-order valence-electron chi connectivity index (χ4n) is 2.63. The molecule has 0 bridgehead atoms. The van der Waals surface area contributed by atoms with Crippen molar-refractivity contribution in [3.05, 3.63) is 59.7 Å². The van der Waals surface area contributed by atoms with Crippen LogP contribution in [0.5, 0.6) is 0 Å². The molecule has 2 aromatic carbocycles. The van der Waals surface area contributed by atoms with E-state index in [2.05, 4.69) is 10.6 Å². The monoisotopic (exact) mass is 365 g/mol. The number of anilines is 2. The van der Waals surface area contributed by atoms with Gasteiger partial charge in [0.25, 0.3) is 5.91 Å². The molecular weight excluding hydrogens is 342 g/mol. The van der Waals surface area contributed by atoms with Crippen LogP contribution in [-0.4, -0.2) is 36.2 Å². The van der Waals surface area contributed by atoms with Gasteiger partial charge in [-0.05, 0) is 56.2 Å². The summed E-state index contributed by atoms with van der Waals surface area (Å²) in [5.74, 6) is -0.361. The van der Waals surface area contributed by atoms with Gasteiger partial charge in [-0.1, -0.05) is 17.7 Å². The molecular formula is C21H23N3O3. The minimum absolute atomic E-state index is 0.0268. The Morgan fingerprint density at radius 3 is 2.07 bits per heavy atom. The first kappa shape index (κ1) is 18.6. The summed E-state index contributed by atoms with van der Waals surface area (Å²) in [7, 11) is 1.58. The molecule has 1 saturated carbocycles. The van der Waals surface area contributed by atoms with Gasteiger partial charge in [-0.25, -0.2) is 0 Å². The third kappa shape index (κ3) is 5.17. The lowest BCUT2D eigenvalue weighted by atomic mass is 10.1. The van der Waals surface area contributed by atoms with Gasteiger partial charge in [0.1, 0.15) is 0 Å². The van der Waals surface area contributed by atoms with Crippen LogP contribution in [0.1, 0.15) is 28.8 Å². The van der Waals surface area contributed by atoms with Crippen molar-refractivity contribution in [3.8, 4) is 0 Å². The summed E-state index contributed by atoms with van der Waals surface area (Å²) in [6.45, 7) is 1.92. The van der Waals surface area contributed by atoms with Gasteiger partial charge in [0.15, 0.2) is 0 Å². The van der Waals surface area contributed by atoms with Crippen LogP contribution in [0, 0.1) is 12.8 Å². The summed E-state index contributed by atoms with van der Waals surface area (Å²) in [5, 5.41) is 5.61. The van der Waals surface area contributed by atoms with Crippen molar-refractivity contribution in [3.63, 3.8) is 0 Å². The highest BCUT2D eigenvalue weighted by Crippen LogP contribution is 2.30. The average Bonchev–Trinajstić information content (AvgIpc) is 3.49. The van der Waals surface area contributed by atoms with Crippen LogP contribution in [0.15, 0.2) is 48.5 Å². The first-order valence-electron chi connectivity index (χ1n) is 8.95. The number of nitrogens with one attached hydrogen (secondary N) is 2. The maximum absolute atomic E-state index is 12.5. The van der Waals surface area contributed by atoms with Crippen LogP contribution in [0.2, 0.25) is 0 Å². The average molecular weight is 365 g/mol. The fraction of sp³-hybridized carbons (Fsp3) is 0.286. The van der Waals surface area contributed by atoms with Gasteiger partial charge in [-0.3, -0.25) is 14.4 Å². The Hall–Kier alpha value is -3.15. The van der Waals surface area contributed by atoms with E-state index in [0.717, 1.165) is 18.4 Å². The molecule has 140 valence electrons. The Morgan fingerprint density at radius 2 is 1.48 bits per heavy atom. The van der Waals surface area contributed by atoms with Crippen LogP contribution < -0.4 is 10.6 Å². The second-order valence-electron chi connectivity index (χ2n) is 6.92. The first-order chi connectivity index (χ1) is 12.9. The lowest BCUT2D eigenvalue weighted by Gasteiger charge is -2.17. The third-order valence-electron chi connectivity index (χ3n) is 4.41. The Morgan fingerprint density at radius 1 is 0.926 bits per heavy atom. The number of rotatable bonds is 6. The third-order valence-corrected chi connectivity index (χ3v) is 4.41. The van der Waals surface area contributed by atoms with Crippen molar-refractivity contribution < 1.29 is 14.4 Å². The predicted molar refractivity (Wildman–Crippen MR) is 105 cm³/mol. The molecule has 0 aliphatic heterocycles. The Bertz CT molecular complexity index is 840. The molecule has 0 radical (unpaired) electrons. The minimum Gasteiger partial charge on any atom is -0.332 e. The molecule has 1 fully saturated rings. The highest BCUT2D eigenvalue weighted by atomic mass is 16.2. The van der Waals surface area contributed by atoms with E-state index in [1.54, 1.807) is 31.3 Å². The number of likely N-dealkylation sites (N-methyl/N-ethyl adjacent to an activating group) is 1. The van der Waals surface area contributed by atoms with E-state index >= 15 is 0 Å². The molecule has 6 heteroatoms. The lowest BCUT2D eigenvalue weighted by Crippen LogP contribution is -2.34. The zero-order valence-corrected chi connectivity index (χ0v) is 15.5. The van der Waals surface area contributed by atoms with E-state index in [0.29, 0.717) is 16.9 Å². The molecule has 1 aliphatic carbocycles. The zero-order chi connectivity index (χ0) is 19.4. The maximum atomic E-state index is 12.5. The van der Waals surface area contributed by atoms with Gasteiger partial charge in [0.2, 0.25) is 11.8 Å². The molecule has 2 aromatic rings. The number of benzene rings is 2. The Balaban J connectivity index is 1.53. The summed E-state index contributed by atoms with van der Waals surface area (Å²) in [6.07, 6.45) is 1.88. The van der Waals surface area contributed by atoms with Gasteiger partial charge in [-0.15, -0.1) is 0 Å². The first-order valence-corrected chi connectivity index (χ1v) is 8.95. The number of hydrogen-bond donors (Lipinski definition) is 2. The van der Waals surface area contributed by atoms with E-state index in [1.807, 2.05) is 31.2 Å². The SMILES string of the molecule is Cc1ccc(NC(=O)CN(C)C(=O)c2ccc(NC(=O)C3CC3)cc2)cc1. The molecule has 0 aromatic heterocycles. The Labute approximate surface area is 158 Å². The molecule has 3 rings (SSSR count). The molecule has 0 saturated heterocycles. The number of carbonyl (C=O) groups is 3. The normalized spacial score (nSPS) is 13.0. The molecule has 27 heavy (non-hydrogen) atoms. The van der Waals surface area contributed by atoms with Crippen molar-refractivity contribution in [2.75, 3.05) is 24.2 Å². The largest absolute Gasteiger partial charge is 0.332 e. The molecule has 3 amide bonds. The maximum Gasteiger partial charge on any atom is 0.254 e. The van der Waals surface area contributed by atoms with Crippen LogP contribution >= 0.6 is 0 Å². The van der Waals surface area contributed by atoms with Crippen LogP contribution in [0.25, 0.3) is 0 Å². The van der Waals surface area contributed by atoms with Gasteiger partial charge in [0.05, 0.1) is 6.54 Å². The van der Waals surface area contributed by atoms with Crippen molar-refractivity contribution in [2.45, 2.75) is 19.8 Å². The lowest BCUT2D eigenvalue weighted by molar-refractivity contribution is -0.117. The second-order valence-corrected chi connectivity index (χ2v) is 6.92. The van der Waals surface area contributed by atoms with Gasteiger partial charge in [0, 0.05) is 29.9 Å². The zero-order valence-electron chi connectivity index (χ0n) is 15.5. The predicted octanol–water partition coefficient (Wildman–Crippen LogP) is 3.05. The summed E-state index contributed by atoms with van der Waals surface area (Å²) in [5.41, 5.74) is 2.94. The number of carbonyl (C=O) groups excluding carboxylic acids is 3. The van der Waals surface area contributed by atoms with Gasteiger partial charge >= 0.3 is 0 Å². The highest BCUT2D eigenvalue weighted by Gasteiger charge is 2.29. The van der Waals surface area contributed by atoms with Crippen LogP contribution in [0.4, 0.5) is 11.4 Å². The molecule has 6 nitrogen and oxygen atoms in total. The highest BCUT2D eigenvalue weighted by molar-refractivity contribution is 6.00. The van der Waals surface area contributed by atoms with Crippen molar-refractivity contribution >= 4 is 29.1 Å². The van der Waals surface area contributed by atoms with Crippen LogP contribution in [0.3, 0.4) is 0 Å². The second kappa shape index (κ2) is 8.03. The fourth-order valence-corrected chi connectivity index (χ4v) is 2.63. The van der Waals surface area contributed by atoms with Crippen molar-refractivity contribution in [1.82, 2.24) is 4.90 Å². The van der Waals surface area contributed by atoms with Gasteiger partial charge < -0.3 is 15.5 Å². The molecule has 0 unspecified atom stereocenters. The van der Waals surface area contributed by atoms with E-state index in [-0.39, 0.29) is 30.2 Å². The van der Waals surface area contributed by atoms with Crippen molar-refractivity contribution in [1.29, 1.82) is 0 Å². The van der Waals surface area contributed by atoms with E-state index in [9.17, 15) is 14.4 Å². The topological polar surface area (TPSA) is 78.5 Å². The molecule has 0 atom stereocenters. The van der Waals surface area contributed by atoms with Crippen LogP contribution in [-0.2, 0) is 9.59 Å². The number of aryl methyl sites for hydroxylation is 1. The summed E-state index contributed by atoms with van der Waals surface area (Å²) >= 11 is 0. The quantitative estimate of drug-likeness (QED) is 0.826. The minimum atomic E-state index is -0.261. The number of hydrogen-bond acceptors (Lipinski definition) is 3. The smallest absolute Gasteiger partial charge is 0.254 e. The summed E-state index contributed by atoms with van der Waals surface area (Å²) in [6, 6.07) is 14.2. The van der Waals surface area contributed by atoms with E-state index < -0.39 is 0 Å². The van der Waals surface area contributed by atoms with Gasteiger partial charge in [-0.2, -0.15) is 0 Å². The standard InChI is InChI=1S/C21H23N3O3/c1-14-3-9-17(10-4-14)22-19(25)13-24(2)21(27)16-7-11-18(12-8-16)23-20(26)15-5-6-15/h3-4,7-12,15H,5-6,13H2,1-2H3,(H,22,25)(H,23,26). The van der Waals surface area contributed by atoms with Crippen molar-refractivity contribution in [2.24, 2.45) is 5.92 Å². The van der Waals surface area contributed by atoms with E-state index in [4.69, 9.17) is 0 Å². The summed E-state index contributed by atoms with van der Waals surface area (Å²) in [4.78, 5) is 37.7. The number of amides is 3.